The number of carbonyl (C=O) groups is 2. The third-order valence-corrected chi connectivity index (χ3v) is 6.84. The summed E-state index contributed by atoms with van der Waals surface area (Å²) in [7, 11) is 0. The fourth-order valence-corrected chi connectivity index (χ4v) is 5.09. The first-order chi connectivity index (χ1) is 16.5. The zero-order valence-corrected chi connectivity index (χ0v) is 20.1. The van der Waals surface area contributed by atoms with Gasteiger partial charge in [-0.2, -0.15) is 4.98 Å². The minimum atomic E-state index is -0.576. The van der Waals surface area contributed by atoms with Crippen LogP contribution in [0.25, 0.3) is 0 Å². The highest BCUT2D eigenvalue weighted by molar-refractivity contribution is 5.76. The molecule has 1 aromatic carbocycles. The van der Waals surface area contributed by atoms with E-state index in [2.05, 4.69) is 15.5 Å². The first kappa shape index (κ1) is 24.4. The maximum Gasteiger partial charge on any atom is 0.227 e. The van der Waals surface area contributed by atoms with Crippen LogP contribution in [0.1, 0.15) is 82.0 Å². The Bertz CT molecular complexity index is 931. The number of benzene rings is 1. The molecule has 1 aromatic heterocycles. The fraction of sp³-hybridized carbons (Fsp3) is 0.615. The van der Waals surface area contributed by atoms with Gasteiger partial charge in [-0.15, -0.1) is 0 Å². The van der Waals surface area contributed by atoms with Crippen molar-refractivity contribution in [3.8, 4) is 0 Å². The molecule has 1 saturated carbocycles. The van der Waals surface area contributed by atoms with E-state index < -0.39 is 5.54 Å². The summed E-state index contributed by atoms with van der Waals surface area (Å²) < 4.78 is 11.3. The minimum absolute atomic E-state index is 0.0464. The predicted molar refractivity (Wildman–Crippen MR) is 127 cm³/mol. The van der Waals surface area contributed by atoms with Crippen molar-refractivity contribution in [2.45, 2.75) is 89.3 Å². The second-order valence-electron chi connectivity index (χ2n) is 9.58. The molecular formula is C26H36N4O4. The van der Waals surface area contributed by atoms with Crippen LogP contribution >= 0.6 is 0 Å². The van der Waals surface area contributed by atoms with Crippen LogP contribution in [0.15, 0.2) is 34.9 Å². The van der Waals surface area contributed by atoms with E-state index in [-0.39, 0.29) is 24.3 Å². The molecule has 1 atom stereocenters. The lowest BCUT2D eigenvalue weighted by atomic mass is 9.89. The lowest BCUT2D eigenvalue weighted by Gasteiger charge is -2.30. The van der Waals surface area contributed by atoms with Crippen molar-refractivity contribution < 1.29 is 18.8 Å². The molecule has 4 rings (SSSR count). The number of nitrogens with one attached hydrogen (secondary N) is 1. The Kier molecular flexibility index (Phi) is 8.32. The summed E-state index contributed by atoms with van der Waals surface area (Å²) in [6.45, 7) is 3.44. The molecule has 8 nitrogen and oxygen atoms in total. The quantitative estimate of drug-likeness (QED) is 0.561. The predicted octanol–water partition coefficient (Wildman–Crippen LogP) is 3.90. The highest BCUT2D eigenvalue weighted by Crippen LogP contribution is 2.34. The summed E-state index contributed by atoms with van der Waals surface area (Å²) >= 11 is 0. The van der Waals surface area contributed by atoms with E-state index in [1.807, 2.05) is 35.2 Å². The number of rotatable bonds is 9. The zero-order valence-electron chi connectivity index (χ0n) is 20.1. The van der Waals surface area contributed by atoms with Gasteiger partial charge in [0.25, 0.3) is 0 Å². The summed E-state index contributed by atoms with van der Waals surface area (Å²) in [5.41, 5.74) is 0.521. The number of aromatic nitrogens is 2. The molecule has 0 radical (unpaired) electrons. The first-order valence-electron chi connectivity index (χ1n) is 12.6. The van der Waals surface area contributed by atoms with Gasteiger partial charge in [-0.3, -0.25) is 9.59 Å². The Hall–Kier alpha value is -2.74. The Balaban J connectivity index is 1.41. The number of hydrogen-bond acceptors (Lipinski definition) is 6. The summed E-state index contributed by atoms with van der Waals surface area (Å²) in [6, 6.07) is 10.0. The van der Waals surface area contributed by atoms with E-state index in [1.54, 1.807) is 0 Å². The van der Waals surface area contributed by atoms with Gasteiger partial charge in [-0.1, -0.05) is 61.2 Å². The van der Waals surface area contributed by atoms with Crippen LogP contribution in [0.3, 0.4) is 0 Å². The summed E-state index contributed by atoms with van der Waals surface area (Å²) in [6.07, 6.45) is 8.69. The lowest BCUT2D eigenvalue weighted by Crippen LogP contribution is -2.45. The van der Waals surface area contributed by atoms with E-state index in [1.165, 1.54) is 6.92 Å². The van der Waals surface area contributed by atoms with Gasteiger partial charge < -0.3 is 19.5 Å². The fourth-order valence-electron chi connectivity index (χ4n) is 5.09. The third kappa shape index (κ3) is 6.44. The number of amides is 2. The average Bonchev–Trinajstić information content (AvgIpc) is 3.47. The standard InChI is InChI=1S/C26H36N4O4/c1-20(31)28-26(15-7-2-3-8-16-26)25-27-23(34-29-25)13-14-24(32)30(19-22-12-9-17-33-22)18-21-10-5-4-6-11-21/h4-6,10-11,22H,2-3,7-9,12-19H2,1H3,(H,28,31). The van der Waals surface area contributed by atoms with Crippen molar-refractivity contribution in [1.82, 2.24) is 20.4 Å². The van der Waals surface area contributed by atoms with Crippen molar-refractivity contribution in [3.05, 3.63) is 47.6 Å². The Morgan fingerprint density at radius 2 is 1.88 bits per heavy atom. The molecule has 2 amide bonds. The molecule has 1 unspecified atom stereocenters. The van der Waals surface area contributed by atoms with Crippen LogP contribution in [0.5, 0.6) is 0 Å². The molecule has 1 aliphatic carbocycles. The Morgan fingerprint density at radius 3 is 2.56 bits per heavy atom. The Labute approximate surface area is 201 Å². The highest BCUT2D eigenvalue weighted by Gasteiger charge is 2.38. The molecule has 2 aliphatic rings. The van der Waals surface area contributed by atoms with Crippen LogP contribution in [0.2, 0.25) is 0 Å². The monoisotopic (exact) mass is 468 g/mol. The van der Waals surface area contributed by atoms with Gasteiger partial charge in [0.15, 0.2) is 5.82 Å². The van der Waals surface area contributed by atoms with E-state index in [0.717, 1.165) is 63.5 Å². The van der Waals surface area contributed by atoms with Gasteiger partial charge in [0.05, 0.1) is 6.10 Å². The van der Waals surface area contributed by atoms with Crippen molar-refractivity contribution in [1.29, 1.82) is 0 Å². The summed E-state index contributed by atoms with van der Waals surface area (Å²) in [5, 5.41) is 7.34. The zero-order chi connectivity index (χ0) is 23.8. The molecule has 2 aromatic rings. The molecule has 8 heteroatoms. The van der Waals surface area contributed by atoms with Gasteiger partial charge >= 0.3 is 0 Å². The average molecular weight is 469 g/mol. The lowest BCUT2D eigenvalue weighted by molar-refractivity contribution is -0.133. The van der Waals surface area contributed by atoms with E-state index >= 15 is 0 Å². The summed E-state index contributed by atoms with van der Waals surface area (Å²) in [5.74, 6) is 0.931. The largest absolute Gasteiger partial charge is 0.376 e. The second kappa shape index (κ2) is 11.6. The maximum absolute atomic E-state index is 13.2. The van der Waals surface area contributed by atoms with Crippen molar-refractivity contribution in [3.63, 3.8) is 0 Å². The normalized spacial score (nSPS) is 20.0. The molecule has 2 fully saturated rings. The van der Waals surface area contributed by atoms with Crippen LogP contribution in [0.4, 0.5) is 0 Å². The minimum Gasteiger partial charge on any atom is -0.376 e. The number of ether oxygens (including phenoxy) is 1. The first-order valence-corrected chi connectivity index (χ1v) is 12.6. The van der Waals surface area contributed by atoms with Gasteiger partial charge in [-0.05, 0) is 31.2 Å². The SMILES string of the molecule is CC(=O)NC1(c2noc(CCC(=O)N(Cc3ccccc3)CC3CCCO3)n2)CCCCCC1. The van der Waals surface area contributed by atoms with Crippen LogP contribution in [-0.4, -0.2) is 46.1 Å². The van der Waals surface area contributed by atoms with Gasteiger partial charge in [0.1, 0.15) is 5.54 Å². The molecule has 0 spiro atoms. The van der Waals surface area contributed by atoms with E-state index in [0.29, 0.717) is 31.2 Å². The van der Waals surface area contributed by atoms with Crippen molar-refractivity contribution in [2.24, 2.45) is 0 Å². The second-order valence-corrected chi connectivity index (χ2v) is 9.58. The molecule has 2 heterocycles. The molecule has 1 aliphatic heterocycles. The third-order valence-electron chi connectivity index (χ3n) is 6.84. The molecule has 1 N–H and O–H groups in total. The molecular weight excluding hydrogens is 432 g/mol. The number of carbonyl (C=O) groups excluding carboxylic acids is 2. The van der Waals surface area contributed by atoms with Gasteiger partial charge in [0.2, 0.25) is 17.7 Å². The number of hydrogen-bond donors (Lipinski definition) is 1. The van der Waals surface area contributed by atoms with Gasteiger partial charge in [0, 0.05) is 39.5 Å². The van der Waals surface area contributed by atoms with Gasteiger partial charge in [-0.25, -0.2) is 0 Å². The molecule has 0 bridgehead atoms. The smallest absolute Gasteiger partial charge is 0.227 e. The Morgan fingerprint density at radius 1 is 1.12 bits per heavy atom. The van der Waals surface area contributed by atoms with Crippen molar-refractivity contribution in [2.75, 3.05) is 13.2 Å². The summed E-state index contributed by atoms with van der Waals surface area (Å²) in [4.78, 5) is 31.6. The number of nitrogens with zero attached hydrogens (tertiary/aromatic N) is 3. The van der Waals surface area contributed by atoms with E-state index in [9.17, 15) is 9.59 Å². The number of aryl methyl sites for hydroxylation is 1. The maximum atomic E-state index is 13.2. The molecule has 184 valence electrons. The molecule has 1 saturated heterocycles. The topological polar surface area (TPSA) is 97.6 Å². The van der Waals surface area contributed by atoms with Crippen LogP contribution in [0, 0.1) is 0 Å². The van der Waals surface area contributed by atoms with Crippen LogP contribution in [-0.2, 0) is 32.8 Å². The highest BCUT2D eigenvalue weighted by atomic mass is 16.5. The van der Waals surface area contributed by atoms with Crippen LogP contribution < -0.4 is 5.32 Å². The van der Waals surface area contributed by atoms with E-state index in [4.69, 9.17) is 9.26 Å². The van der Waals surface area contributed by atoms with Crippen molar-refractivity contribution >= 4 is 11.8 Å². The molecule has 34 heavy (non-hydrogen) atoms.